The van der Waals surface area contributed by atoms with Crippen LogP contribution in [0.2, 0.25) is 0 Å². The maximum absolute atomic E-state index is 12.1. The molecule has 0 aliphatic carbocycles. The van der Waals surface area contributed by atoms with E-state index in [4.69, 9.17) is 5.73 Å². The molecular weight excluding hydrogens is 264 g/mol. The van der Waals surface area contributed by atoms with Crippen LogP contribution in [0.15, 0.2) is 30.6 Å². The van der Waals surface area contributed by atoms with E-state index in [9.17, 15) is 4.79 Å². The van der Waals surface area contributed by atoms with Gasteiger partial charge in [0.25, 0.3) is 0 Å². The standard InChI is InChI=1S/C16H22N4O/c1-11(2)16-18-7-9-20(16)8-6-15(21)19-14-10-13(17)5-4-12(14)3/h4-5,7,9-11H,6,8,17H2,1-3H3,(H,19,21). The van der Waals surface area contributed by atoms with E-state index in [2.05, 4.69) is 24.1 Å². The number of benzene rings is 1. The lowest BCUT2D eigenvalue weighted by molar-refractivity contribution is -0.116. The van der Waals surface area contributed by atoms with E-state index in [1.807, 2.05) is 29.8 Å². The number of rotatable bonds is 5. The first-order chi connectivity index (χ1) is 9.97. The molecule has 21 heavy (non-hydrogen) atoms. The predicted octanol–water partition coefficient (Wildman–Crippen LogP) is 2.93. The van der Waals surface area contributed by atoms with E-state index in [1.165, 1.54) is 0 Å². The van der Waals surface area contributed by atoms with E-state index in [1.54, 1.807) is 12.3 Å². The zero-order valence-corrected chi connectivity index (χ0v) is 12.8. The zero-order chi connectivity index (χ0) is 15.4. The Morgan fingerprint density at radius 2 is 2.19 bits per heavy atom. The number of amides is 1. The van der Waals surface area contributed by atoms with Crippen LogP contribution in [0.3, 0.4) is 0 Å². The Morgan fingerprint density at radius 3 is 2.90 bits per heavy atom. The summed E-state index contributed by atoms with van der Waals surface area (Å²) >= 11 is 0. The minimum atomic E-state index is -0.0212. The van der Waals surface area contributed by atoms with E-state index in [0.717, 1.165) is 17.1 Å². The van der Waals surface area contributed by atoms with Crippen LogP contribution in [-0.4, -0.2) is 15.5 Å². The number of nitrogens with zero attached hydrogens (tertiary/aromatic N) is 2. The van der Waals surface area contributed by atoms with Crippen molar-refractivity contribution in [3.8, 4) is 0 Å². The van der Waals surface area contributed by atoms with Gasteiger partial charge in [-0.25, -0.2) is 4.98 Å². The van der Waals surface area contributed by atoms with Gasteiger partial charge in [-0.1, -0.05) is 19.9 Å². The van der Waals surface area contributed by atoms with E-state index in [-0.39, 0.29) is 5.91 Å². The summed E-state index contributed by atoms with van der Waals surface area (Å²) in [5.74, 6) is 1.33. The molecule has 2 aromatic rings. The van der Waals surface area contributed by atoms with Gasteiger partial charge in [0.15, 0.2) is 0 Å². The molecule has 0 spiro atoms. The van der Waals surface area contributed by atoms with Crippen molar-refractivity contribution in [3.05, 3.63) is 42.0 Å². The Labute approximate surface area is 125 Å². The van der Waals surface area contributed by atoms with Crippen molar-refractivity contribution in [1.82, 2.24) is 9.55 Å². The quantitative estimate of drug-likeness (QED) is 0.830. The molecule has 0 saturated heterocycles. The minimum Gasteiger partial charge on any atom is -0.399 e. The predicted molar refractivity (Wildman–Crippen MR) is 85.2 cm³/mol. The number of carbonyl (C=O) groups is 1. The highest BCUT2D eigenvalue weighted by molar-refractivity contribution is 5.91. The molecule has 5 heteroatoms. The Morgan fingerprint density at radius 1 is 1.43 bits per heavy atom. The smallest absolute Gasteiger partial charge is 0.226 e. The van der Waals surface area contributed by atoms with Crippen molar-refractivity contribution in [2.24, 2.45) is 0 Å². The van der Waals surface area contributed by atoms with Gasteiger partial charge in [-0.3, -0.25) is 4.79 Å². The van der Waals surface area contributed by atoms with Crippen LogP contribution in [0.4, 0.5) is 11.4 Å². The fourth-order valence-electron chi connectivity index (χ4n) is 2.22. The lowest BCUT2D eigenvalue weighted by Gasteiger charge is -2.12. The first kappa shape index (κ1) is 15.1. The highest BCUT2D eigenvalue weighted by Gasteiger charge is 2.10. The number of aromatic nitrogens is 2. The number of nitrogen functional groups attached to an aromatic ring is 1. The van der Waals surface area contributed by atoms with Crippen LogP contribution in [0.5, 0.6) is 0 Å². The molecule has 1 heterocycles. The second kappa shape index (κ2) is 6.43. The average Bonchev–Trinajstić information content (AvgIpc) is 2.89. The molecule has 1 amide bonds. The van der Waals surface area contributed by atoms with Gasteiger partial charge in [-0.05, 0) is 24.6 Å². The van der Waals surface area contributed by atoms with Crippen molar-refractivity contribution in [1.29, 1.82) is 0 Å². The molecule has 0 saturated carbocycles. The lowest BCUT2D eigenvalue weighted by Crippen LogP contribution is -2.16. The molecule has 0 aliphatic heterocycles. The Kier molecular flexibility index (Phi) is 4.62. The molecule has 1 aromatic carbocycles. The molecule has 112 valence electrons. The topological polar surface area (TPSA) is 72.9 Å². The average molecular weight is 286 g/mol. The Hall–Kier alpha value is -2.30. The molecule has 5 nitrogen and oxygen atoms in total. The summed E-state index contributed by atoms with van der Waals surface area (Å²) in [6, 6.07) is 5.51. The normalized spacial score (nSPS) is 10.9. The number of hydrogen-bond acceptors (Lipinski definition) is 3. The molecule has 0 bridgehead atoms. The van der Waals surface area contributed by atoms with Crippen molar-refractivity contribution >= 4 is 17.3 Å². The first-order valence-corrected chi connectivity index (χ1v) is 7.14. The van der Waals surface area contributed by atoms with Gasteiger partial charge in [0.05, 0.1) is 0 Å². The maximum atomic E-state index is 12.1. The maximum Gasteiger partial charge on any atom is 0.226 e. The van der Waals surface area contributed by atoms with Gasteiger partial charge in [0.1, 0.15) is 5.82 Å². The van der Waals surface area contributed by atoms with Crippen molar-refractivity contribution in [3.63, 3.8) is 0 Å². The number of carbonyl (C=O) groups excluding carboxylic acids is 1. The van der Waals surface area contributed by atoms with Crippen LogP contribution in [0.25, 0.3) is 0 Å². The summed E-state index contributed by atoms with van der Waals surface area (Å²) in [7, 11) is 0. The summed E-state index contributed by atoms with van der Waals surface area (Å²) in [5.41, 5.74) is 8.17. The fraction of sp³-hybridized carbons (Fsp3) is 0.375. The summed E-state index contributed by atoms with van der Waals surface area (Å²) in [4.78, 5) is 16.4. The molecule has 2 rings (SSSR count). The van der Waals surface area contributed by atoms with Crippen molar-refractivity contribution in [2.45, 2.75) is 39.7 Å². The second-order valence-corrected chi connectivity index (χ2v) is 5.51. The van der Waals surface area contributed by atoms with Gasteiger partial charge in [-0.15, -0.1) is 0 Å². The number of aryl methyl sites for hydroxylation is 2. The molecule has 0 atom stereocenters. The second-order valence-electron chi connectivity index (χ2n) is 5.51. The van der Waals surface area contributed by atoms with Crippen LogP contribution < -0.4 is 11.1 Å². The van der Waals surface area contributed by atoms with Gasteiger partial charge in [0, 0.05) is 42.7 Å². The number of imidazole rings is 1. The van der Waals surface area contributed by atoms with Gasteiger partial charge in [-0.2, -0.15) is 0 Å². The van der Waals surface area contributed by atoms with E-state index in [0.29, 0.717) is 24.6 Å². The van der Waals surface area contributed by atoms with Gasteiger partial charge >= 0.3 is 0 Å². The highest BCUT2D eigenvalue weighted by atomic mass is 16.1. The Bertz CT molecular complexity index is 631. The van der Waals surface area contributed by atoms with Crippen LogP contribution in [0, 0.1) is 6.92 Å². The Balaban J connectivity index is 1.96. The van der Waals surface area contributed by atoms with Crippen molar-refractivity contribution in [2.75, 3.05) is 11.1 Å². The monoisotopic (exact) mass is 286 g/mol. The number of hydrogen-bond donors (Lipinski definition) is 2. The van der Waals surface area contributed by atoms with Crippen LogP contribution in [-0.2, 0) is 11.3 Å². The third-order valence-electron chi connectivity index (χ3n) is 3.38. The van der Waals surface area contributed by atoms with Gasteiger partial charge < -0.3 is 15.6 Å². The summed E-state index contributed by atoms with van der Waals surface area (Å²) < 4.78 is 2.02. The zero-order valence-electron chi connectivity index (χ0n) is 12.8. The third kappa shape index (κ3) is 3.84. The highest BCUT2D eigenvalue weighted by Crippen LogP contribution is 2.18. The molecular formula is C16H22N4O. The molecule has 1 aromatic heterocycles. The third-order valence-corrected chi connectivity index (χ3v) is 3.38. The van der Waals surface area contributed by atoms with E-state index < -0.39 is 0 Å². The van der Waals surface area contributed by atoms with E-state index >= 15 is 0 Å². The minimum absolute atomic E-state index is 0.0212. The SMILES string of the molecule is Cc1ccc(N)cc1NC(=O)CCn1ccnc1C(C)C. The fourth-order valence-corrected chi connectivity index (χ4v) is 2.22. The molecule has 0 fully saturated rings. The number of anilines is 2. The lowest BCUT2D eigenvalue weighted by atomic mass is 10.2. The first-order valence-electron chi connectivity index (χ1n) is 7.14. The number of nitrogens with two attached hydrogens (primary N) is 1. The molecule has 0 unspecified atom stereocenters. The largest absolute Gasteiger partial charge is 0.399 e. The summed E-state index contributed by atoms with van der Waals surface area (Å²) in [6.45, 7) is 6.76. The summed E-state index contributed by atoms with van der Waals surface area (Å²) in [6.07, 6.45) is 4.09. The molecule has 3 N–H and O–H groups in total. The molecule has 0 radical (unpaired) electrons. The van der Waals surface area contributed by atoms with Crippen molar-refractivity contribution < 1.29 is 4.79 Å². The van der Waals surface area contributed by atoms with Crippen LogP contribution >= 0.6 is 0 Å². The summed E-state index contributed by atoms with van der Waals surface area (Å²) in [5, 5.41) is 2.91. The molecule has 0 aliphatic rings. The van der Waals surface area contributed by atoms with Gasteiger partial charge in [0.2, 0.25) is 5.91 Å². The van der Waals surface area contributed by atoms with Crippen LogP contribution in [0.1, 0.15) is 37.6 Å². The number of nitrogens with one attached hydrogen (secondary N) is 1.